The van der Waals surface area contributed by atoms with Crippen LogP contribution in [0.5, 0.6) is 5.75 Å². The van der Waals surface area contributed by atoms with Crippen molar-refractivity contribution in [1.82, 2.24) is 0 Å². The molecule has 0 radical (unpaired) electrons. The van der Waals surface area contributed by atoms with E-state index in [-0.39, 0.29) is 11.1 Å². The molecule has 0 spiro atoms. The van der Waals surface area contributed by atoms with Crippen molar-refractivity contribution in [2.45, 2.75) is 43.3 Å². The van der Waals surface area contributed by atoms with Gasteiger partial charge < -0.3 is 14.5 Å². The molecule has 1 fully saturated rings. The Hall–Kier alpha value is -2.90. The monoisotopic (exact) mass is 497 g/mol. The predicted molar refractivity (Wildman–Crippen MR) is 137 cm³/mol. The van der Waals surface area contributed by atoms with E-state index in [1.165, 1.54) is 6.42 Å². The number of rotatable bonds is 6. The van der Waals surface area contributed by atoms with Crippen LogP contribution in [-0.4, -0.2) is 28.2 Å². The largest absolute Gasteiger partial charge is 0.497 e. The lowest BCUT2D eigenvalue weighted by Gasteiger charge is -2.31. The van der Waals surface area contributed by atoms with Crippen LogP contribution in [0.25, 0.3) is 0 Å². The molecule has 0 aliphatic carbocycles. The highest BCUT2D eigenvalue weighted by Crippen LogP contribution is 2.44. The Morgan fingerprint density at radius 1 is 1.00 bits per heavy atom. The molecule has 0 bridgehead atoms. The number of hydrogen-bond acceptors (Lipinski definition) is 5. The van der Waals surface area contributed by atoms with Crippen LogP contribution in [0, 0.1) is 0 Å². The summed E-state index contributed by atoms with van der Waals surface area (Å²) in [6.45, 7) is 1.67. The lowest BCUT2D eigenvalue weighted by molar-refractivity contribution is 0.414. The first kappa shape index (κ1) is 22.9. The zero-order valence-corrected chi connectivity index (χ0v) is 20.6. The maximum atomic E-state index is 13.2. The molecule has 1 atom stereocenters. The zero-order valence-electron chi connectivity index (χ0n) is 19.1. The van der Waals surface area contributed by atoms with E-state index in [1.54, 1.807) is 43.5 Å². The van der Waals surface area contributed by atoms with Gasteiger partial charge >= 0.3 is 0 Å². The van der Waals surface area contributed by atoms with Gasteiger partial charge in [0, 0.05) is 13.1 Å². The van der Waals surface area contributed by atoms with Gasteiger partial charge in [0.25, 0.3) is 10.0 Å². The lowest BCUT2D eigenvalue weighted by Crippen LogP contribution is -2.42. The number of hydrogen-bond donors (Lipinski definition) is 1. The van der Waals surface area contributed by atoms with Crippen LogP contribution in [0.15, 0.2) is 71.6 Å². The zero-order chi connectivity index (χ0) is 23.7. The average Bonchev–Trinajstić information content (AvgIpc) is 2.98. The summed E-state index contributed by atoms with van der Waals surface area (Å²) in [5, 5.41) is 0.363. The molecule has 2 aliphatic heterocycles. The molecule has 3 aromatic rings. The molecular weight excluding hydrogens is 470 g/mol. The molecule has 8 heteroatoms. The summed E-state index contributed by atoms with van der Waals surface area (Å²) in [5.41, 5.74) is 3.57. The summed E-state index contributed by atoms with van der Waals surface area (Å²) in [4.78, 5) is 5.00. The summed E-state index contributed by atoms with van der Waals surface area (Å²) < 4.78 is 34.4. The number of benzene rings is 3. The summed E-state index contributed by atoms with van der Waals surface area (Å²) in [6, 6.07) is 20.3. The summed E-state index contributed by atoms with van der Waals surface area (Å²) in [7, 11) is -2.14. The standard InChI is InChI=1S/C26H28ClN3O3S/c1-33-20-12-10-19(11-13-20)18-30-25-17-21(34(31,32)28-23-8-5-4-7-22(23)27)14-15-24(25)29-16-6-2-3-9-26(29)30/h4-5,7-8,10-15,17,26,28H,2-3,6,9,16,18H2,1H3/t26-/m1/s1. The number of anilines is 3. The van der Waals surface area contributed by atoms with Gasteiger partial charge in [-0.2, -0.15) is 0 Å². The van der Waals surface area contributed by atoms with Crippen LogP contribution in [0.3, 0.4) is 0 Å². The molecule has 0 aromatic heterocycles. The highest BCUT2D eigenvalue weighted by molar-refractivity contribution is 7.92. The fourth-order valence-electron chi connectivity index (χ4n) is 4.87. The van der Waals surface area contributed by atoms with Gasteiger partial charge in [0.2, 0.25) is 0 Å². The Balaban J connectivity index is 1.51. The van der Waals surface area contributed by atoms with Crippen LogP contribution in [0.2, 0.25) is 5.02 Å². The quantitative estimate of drug-likeness (QED) is 0.461. The van der Waals surface area contributed by atoms with Gasteiger partial charge in [0.05, 0.1) is 34.1 Å². The molecule has 34 heavy (non-hydrogen) atoms. The first-order valence-corrected chi connectivity index (χ1v) is 13.4. The van der Waals surface area contributed by atoms with Crippen LogP contribution in [-0.2, 0) is 16.6 Å². The topological polar surface area (TPSA) is 61.9 Å². The second kappa shape index (κ2) is 9.39. The molecule has 178 valence electrons. The number of fused-ring (bicyclic) bond motifs is 3. The Labute approximate surface area is 206 Å². The fraction of sp³-hybridized carbons (Fsp3) is 0.308. The Morgan fingerprint density at radius 3 is 2.56 bits per heavy atom. The summed E-state index contributed by atoms with van der Waals surface area (Å²) >= 11 is 6.19. The molecule has 0 amide bonds. The minimum Gasteiger partial charge on any atom is -0.497 e. The van der Waals surface area contributed by atoms with Crippen molar-refractivity contribution in [1.29, 1.82) is 0 Å². The normalized spacial score (nSPS) is 17.6. The van der Waals surface area contributed by atoms with Crippen LogP contribution in [0.1, 0.15) is 31.2 Å². The number of para-hydroxylation sites is 1. The van der Waals surface area contributed by atoms with Crippen molar-refractivity contribution in [3.63, 3.8) is 0 Å². The molecule has 3 aromatic carbocycles. The third kappa shape index (κ3) is 4.42. The second-order valence-electron chi connectivity index (χ2n) is 8.74. The molecule has 2 heterocycles. The van der Waals surface area contributed by atoms with E-state index in [4.69, 9.17) is 16.3 Å². The van der Waals surface area contributed by atoms with Gasteiger partial charge in [-0.15, -0.1) is 0 Å². The number of sulfonamides is 1. The van der Waals surface area contributed by atoms with Gasteiger partial charge in [0.15, 0.2) is 0 Å². The van der Waals surface area contributed by atoms with E-state index in [9.17, 15) is 8.42 Å². The number of nitrogens with one attached hydrogen (secondary N) is 1. The Bertz CT molecular complexity index is 1280. The molecular formula is C26H28ClN3O3S. The van der Waals surface area contributed by atoms with Crippen molar-refractivity contribution < 1.29 is 13.2 Å². The third-order valence-electron chi connectivity index (χ3n) is 6.59. The lowest BCUT2D eigenvalue weighted by atomic mass is 10.1. The molecule has 6 nitrogen and oxygen atoms in total. The van der Waals surface area contributed by atoms with E-state index in [0.29, 0.717) is 17.3 Å². The van der Waals surface area contributed by atoms with Gasteiger partial charge in [-0.3, -0.25) is 4.72 Å². The van der Waals surface area contributed by atoms with Gasteiger partial charge in [-0.25, -0.2) is 8.42 Å². The van der Waals surface area contributed by atoms with Crippen molar-refractivity contribution in [2.75, 3.05) is 28.2 Å². The maximum absolute atomic E-state index is 13.2. The number of methoxy groups -OCH3 is 1. The van der Waals surface area contributed by atoms with E-state index in [0.717, 1.165) is 48.5 Å². The summed E-state index contributed by atoms with van der Waals surface area (Å²) in [6.07, 6.45) is 4.78. The molecule has 1 saturated heterocycles. The third-order valence-corrected chi connectivity index (χ3v) is 8.28. The van der Waals surface area contributed by atoms with Crippen LogP contribution < -0.4 is 19.3 Å². The van der Waals surface area contributed by atoms with E-state index >= 15 is 0 Å². The van der Waals surface area contributed by atoms with Gasteiger partial charge in [-0.05, 0) is 67.3 Å². The highest BCUT2D eigenvalue weighted by atomic mass is 35.5. The minimum atomic E-state index is -3.80. The van der Waals surface area contributed by atoms with Crippen molar-refractivity contribution in [3.8, 4) is 5.75 Å². The average molecular weight is 498 g/mol. The first-order valence-electron chi connectivity index (χ1n) is 11.5. The van der Waals surface area contributed by atoms with Crippen LogP contribution >= 0.6 is 11.6 Å². The molecule has 2 aliphatic rings. The Morgan fingerprint density at radius 2 is 1.79 bits per heavy atom. The van der Waals surface area contributed by atoms with Gasteiger partial charge in [-0.1, -0.05) is 42.3 Å². The highest BCUT2D eigenvalue weighted by Gasteiger charge is 2.37. The minimum absolute atomic E-state index is 0.217. The predicted octanol–water partition coefficient (Wildman–Crippen LogP) is 5.88. The fourth-order valence-corrected chi connectivity index (χ4v) is 6.20. The number of ether oxygens (including phenoxy) is 1. The van der Waals surface area contributed by atoms with Gasteiger partial charge in [0.1, 0.15) is 11.9 Å². The number of nitrogens with zero attached hydrogens (tertiary/aromatic N) is 2. The van der Waals surface area contributed by atoms with Crippen molar-refractivity contribution >= 4 is 38.7 Å². The van der Waals surface area contributed by atoms with E-state index in [2.05, 4.69) is 26.7 Å². The second-order valence-corrected chi connectivity index (χ2v) is 10.8. The van der Waals surface area contributed by atoms with E-state index < -0.39 is 10.0 Å². The maximum Gasteiger partial charge on any atom is 0.262 e. The van der Waals surface area contributed by atoms with Crippen molar-refractivity contribution in [2.24, 2.45) is 0 Å². The SMILES string of the molecule is COc1ccc(CN2c3cc(S(=O)(=O)Nc4ccccc4Cl)ccc3N3CCCCC[C@H]32)cc1. The van der Waals surface area contributed by atoms with Crippen LogP contribution in [0.4, 0.5) is 17.1 Å². The smallest absolute Gasteiger partial charge is 0.262 e. The molecule has 5 rings (SSSR count). The number of halogens is 1. The first-order chi connectivity index (χ1) is 16.5. The molecule has 0 unspecified atom stereocenters. The van der Waals surface area contributed by atoms with Crippen molar-refractivity contribution in [3.05, 3.63) is 77.3 Å². The molecule has 1 N–H and O–H groups in total. The van der Waals surface area contributed by atoms with E-state index in [1.807, 2.05) is 18.2 Å². The Kier molecular flexibility index (Phi) is 6.32. The summed E-state index contributed by atoms with van der Waals surface area (Å²) in [5.74, 6) is 0.820. The molecule has 0 saturated carbocycles.